The molecule has 0 aromatic heterocycles. The van der Waals surface area contributed by atoms with Gasteiger partial charge < -0.3 is 0 Å². The predicted molar refractivity (Wildman–Crippen MR) is 93.6 cm³/mol. The summed E-state index contributed by atoms with van der Waals surface area (Å²) in [6, 6.07) is 0.520. The molecule has 3 rings (SSSR count). The maximum atomic E-state index is 5.70. The fourth-order valence-electron chi connectivity index (χ4n) is 2.45. The zero-order chi connectivity index (χ0) is 15.8. The minimum absolute atomic E-state index is 0. The summed E-state index contributed by atoms with van der Waals surface area (Å²) >= 11 is 0.568. The average molecular weight is 420 g/mol. The predicted octanol–water partition coefficient (Wildman–Crippen LogP) is 2.99. The smallest absolute Gasteiger partial charge is 0.0312 e. The van der Waals surface area contributed by atoms with Crippen molar-refractivity contribution in [3.05, 3.63) is 62.1 Å². The SMILES string of the molecule is C[C@H]([C]1[CH][CH][CH][C]1[Se]C[C@H]1CCCO1)N(C)C.[CH]1[CH][CH][CH][CH]1.[Fe+2]. The van der Waals surface area contributed by atoms with Gasteiger partial charge in [-0.1, -0.05) is 0 Å². The Labute approximate surface area is 161 Å². The number of ether oxygens (including phenoxy) is 1. The summed E-state index contributed by atoms with van der Waals surface area (Å²) < 4.78 is 5.70. The van der Waals surface area contributed by atoms with Crippen LogP contribution in [0.15, 0.2) is 0 Å². The Balaban J connectivity index is 0.000000377. The first-order valence-corrected chi connectivity index (χ1v) is 10.1. The van der Waals surface area contributed by atoms with Crippen LogP contribution in [0.4, 0.5) is 0 Å². The van der Waals surface area contributed by atoms with Crippen molar-refractivity contribution in [1.29, 1.82) is 0 Å². The van der Waals surface area contributed by atoms with Gasteiger partial charge in [0.2, 0.25) is 0 Å². The second-order valence-electron chi connectivity index (χ2n) is 5.89. The normalized spacial score (nSPS) is 26.9. The molecule has 2 nitrogen and oxygen atoms in total. The van der Waals surface area contributed by atoms with Crippen molar-refractivity contribution in [2.75, 3.05) is 20.7 Å². The van der Waals surface area contributed by atoms with E-state index >= 15 is 0 Å². The van der Waals surface area contributed by atoms with Crippen LogP contribution in [0.2, 0.25) is 5.32 Å². The van der Waals surface area contributed by atoms with Crippen LogP contribution in [-0.2, 0) is 21.8 Å². The van der Waals surface area contributed by atoms with E-state index in [2.05, 4.69) is 45.2 Å². The van der Waals surface area contributed by atoms with E-state index in [0.717, 1.165) is 6.61 Å². The van der Waals surface area contributed by atoms with Crippen molar-refractivity contribution in [3.63, 3.8) is 0 Å². The fraction of sp³-hybridized carbons (Fsp3) is 0.474. The third-order valence-corrected chi connectivity index (χ3v) is 6.60. The zero-order valence-corrected chi connectivity index (χ0v) is 17.0. The number of rotatable bonds is 5. The van der Waals surface area contributed by atoms with Crippen LogP contribution in [-0.4, -0.2) is 52.7 Å². The van der Waals surface area contributed by atoms with Crippen LogP contribution in [0.3, 0.4) is 0 Å². The zero-order valence-electron chi connectivity index (χ0n) is 14.2. The molecule has 10 radical (unpaired) electrons. The molecular weight excluding hydrogens is 393 g/mol. The Kier molecular flexibility index (Phi) is 11.8. The summed E-state index contributed by atoms with van der Waals surface area (Å²) in [5.74, 6) is 1.51. The summed E-state index contributed by atoms with van der Waals surface area (Å²) in [5, 5.41) is 1.24. The monoisotopic (exact) mass is 421 g/mol. The van der Waals surface area contributed by atoms with Gasteiger partial charge in [-0.05, 0) is 32.1 Å². The van der Waals surface area contributed by atoms with Crippen molar-refractivity contribution in [2.45, 2.75) is 37.2 Å². The van der Waals surface area contributed by atoms with Gasteiger partial charge in [0.1, 0.15) is 0 Å². The van der Waals surface area contributed by atoms with Crippen molar-refractivity contribution in [2.24, 2.45) is 0 Å². The molecule has 4 heteroatoms. The Morgan fingerprint density at radius 1 is 1.13 bits per heavy atom. The molecule has 0 aromatic rings. The first-order chi connectivity index (χ1) is 10.7. The molecule has 0 amide bonds. The van der Waals surface area contributed by atoms with Crippen molar-refractivity contribution in [1.82, 2.24) is 4.90 Å². The van der Waals surface area contributed by atoms with E-state index in [1.165, 1.54) is 24.1 Å². The van der Waals surface area contributed by atoms with Gasteiger partial charge >= 0.3 is 130 Å². The van der Waals surface area contributed by atoms with Crippen molar-refractivity contribution in [3.8, 4) is 0 Å². The standard InChI is InChI=1S/C14H22NOSe.C5H5.Fe/c1-11(15(2)3)13-7-4-8-14(13)17-10-12-6-5-9-16-12;1-2-4-5-3-1;/h4,7-8,11-12H,5-6,9-10H2,1-3H3;1-5H;/q;;+2/t11-,12-;;/m1../s1. The maximum absolute atomic E-state index is 5.70. The van der Waals surface area contributed by atoms with E-state index in [4.69, 9.17) is 4.74 Å². The Morgan fingerprint density at radius 2 is 1.78 bits per heavy atom. The van der Waals surface area contributed by atoms with Crippen LogP contribution < -0.4 is 0 Å². The molecule has 23 heavy (non-hydrogen) atoms. The summed E-state index contributed by atoms with van der Waals surface area (Å²) in [4.78, 5) is 3.84. The molecule has 2 aliphatic carbocycles. The number of hydrogen-bond acceptors (Lipinski definition) is 2. The molecular formula is C19H27FeNOSe+2. The maximum Gasteiger partial charge on any atom is 2.00 e. The van der Waals surface area contributed by atoms with Crippen LogP contribution >= 0.6 is 0 Å². The minimum atomic E-state index is 0. The Bertz CT molecular complexity index is 285. The summed E-state index contributed by atoms with van der Waals surface area (Å²) in [6.45, 7) is 3.25. The molecule has 3 fully saturated rings. The van der Waals surface area contributed by atoms with Gasteiger partial charge in [0.15, 0.2) is 0 Å². The number of nitrogens with zero attached hydrogens (tertiary/aromatic N) is 1. The van der Waals surface area contributed by atoms with Crippen LogP contribution in [0.1, 0.15) is 19.8 Å². The fourth-order valence-corrected chi connectivity index (χ4v) is 4.99. The van der Waals surface area contributed by atoms with Crippen LogP contribution in [0, 0.1) is 62.1 Å². The number of hydrogen-bond donors (Lipinski definition) is 0. The third-order valence-electron chi connectivity index (χ3n) is 4.04. The van der Waals surface area contributed by atoms with Gasteiger partial charge in [0.05, 0.1) is 0 Å². The first kappa shape index (κ1) is 22.0. The Morgan fingerprint density at radius 3 is 2.30 bits per heavy atom. The molecule has 2 saturated carbocycles. The van der Waals surface area contributed by atoms with E-state index < -0.39 is 0 Å². The van der Waals surface area contributed by atoms with Crippen molar-refractivity contribution >= 4 is 15.0 Å². The molecule has 2 atom stereocenters. The molecule has 126 valence electrons. The minimum Gasteiger partial charge on any atom is -0.0312 e. The van der Waals surface area contributed by atoms with E-state index in [9.17, 15) is 0 Å². The summed E-state index contributed by atoms with van der Waals surface area (Å²) in [5.41, 5.74) is 0. The average Bonchev–Trinajstić information content (AvgIpc) is 3.27. The van der Waals surface area contributed by atoms with Gasteiger partial charge in [0.25, 0.3) is 0 Å². The molecule has 1 aliphatic heterocycles. The van der Waals surface area contributed by atoms with E-state index in [1.54, 1.807) is 4.82 Å². The second kappa shape index (κ2) is 12.3. The van der Waals surface area contributed by atoms with Crippen molar-refractivity contribution < 1.29 is 21.8 Å². The van der Waals surface area contributed by atoms with Crippen LogP contribution in [0.5, 0.6) is 0 Å². The third kappa shape index (κ3) is 7.80. The second-order valence-corrected chi connectivity index (χ2v) is 8.12. The molecule has 0 N–H and O–H groups in total. The van der Waals surface area contributed by atoms with Gasteiger partial charge in [-0.15, -0.1) is 0 Å². The van der Waals surface area contributed by atoms with E-state index in [1.807, 2.05) is 32.1 Å². The molecule has 0 unspecified atom stereocenters. The Hall–Kier alpha value is 0.959. The molecule has 3 aliphatic rings. The molecule has 0 bridgehead atoms. The van der Waals surface area contributed by atoms with Gasteiger partial charge in [0, 0.05) is 0 Å². The van der Waals surface area contributed by atoms with E-state index in [0.29, 0.717) is 27.1 Å². The summed E-state index contributed by atoms with van der Waals surface area (Å²) in [6.07, 6.45) is 19.8. The van der Waals surface area contributed by atoms with E-state index in [-0.39, 0.29) is 17.1 Å². The largest absolute Gasteiger partial charge is 2.00 e. The molecule has 0 aromatic carbocycles. The molecule has 1 saturated heterocycles. The summed E-state index contributed by atoms with van der Waals surface area (Å²) in [7, 11) is 4.29. The molecule has 1 heterocycles. The van der Waals surface area contributed by atoms with Crippen LogP contribution in [0.25, 0.3) is 0 Å². The topological polar surface area (TPSA) is 12.5 Å². The molecule has 0 spiro atoms. The first-order valence-electron chi connectivity index (χ1n) is 8.01. The van der Waals surface area contributed by atoms with Gasteiger partial charge in [-0.2, -0.15) is 0 Å². The van der Waals surface area contributed by atoms with Gasteiger partial charge in [-0.25, -0.2) is 0 Å². The quantitative estimate of drug-likeness (QED) is 0.635. The van der Waals surface area contributed by atoms with Gasteiger partial charge in [-0.3, -0.25) is 0 Å².